The lowest BCUT2D eigenvalue weighted by atomic mass is 9.92. The largest absolute Gasteiger partial charge is 0.508 e. The van der Waals surface area contributed by atoms with Gasteiger partial charge in [-0.3, -0.25) is 4.79 Å². The molecule has 0 bridgehead atoms. The lowest BCUT2D eigenvalue weighted by Crippen LogP contribution is -2.25. The number of phenolic OH excluding ortho intramolecular Hbond substituents is 1. The fourth-order valence-electron chi connectivity index (χ4n) is 2.59. The molecule has 86 valence electrons. The molecule has 0 aromatic heterocycles. The van der Waals surface area contributed by atoms with Gasteiger partial charge in [0, 0.05) is 0 Å². The van der Waals surface area contributed by atoms with E-state index in [1.807, 2.05) is 12.1 Å². The van der Waals surface area contributed by atoms with Crippen LogP contribution in [0.15, 0.2) is 24.3 Å². The molecular weight excluding hydrogens is 202 g/mol. The van der Waals surface area contributed by atoms with Crippen molar-refractivity contribution in [3.05, 3.63) is 29.8 Å². The number of hydrogen-bond donors (Lipinski definition) is 2. The summed E-state index contributed by atoms with van der Waals surface area (Å²) in [5.41, 5.74) is 0.999. The Kier molecular flexibility index (Phi) is 3.44. The number of nitrogens with one attached hydrogen (secondary N) is 1. The molecule has 0 aliphatic heterocycles. The summed E-state index contributed by atoms with van der Waals surface area (Å²) in [4.78, 5) is 10.7. The Balaban J connectivity index is 2.20. The molecule has 1 aromatic rings. The van der Waals surface area contributed by atoms with Crippen molar-refractivity contribution in [2.45, 2.75) is 31.7 Å². The fourth-order valence-corrected chi connectivity index (χ4v) is 2.59. The molecule has 1 amide bonds. The van der Waals surface area contributed by atoms with E-state index in [0.717, 1.165) is 24.8 Å². The lowest BCUT2D eigenvalue weighted by molar-refractivity contribution is -0.110. The Bertz CT molecular complexity index is 359. The number of carbonyl (C=O) groups is 1. The average Bonchev–Trinajstić information content (AvgIpc) is 2.79. The van der Waals surface area contributed by atoms with Crippen LogP contribution in [0.3, 0.4) is 0 Å². The molecule has 1 aliphatic carbocycles. The number of benzene rings is 1. The molecule has 0 spiro atoms. The number of phenols is 1. The van der Waals surface area contributed by atoms with Gasteiger partial charge in [0.05, 0.1) is 6.04 Å². The van der Waals surface area contributed by atoms with E-state index in [0.29, 0.717) is 5.92 Å². The van der Waals surface area contributed by atoms with E-state index in [2.05, 4.69) is 5.32 Å². The zero-order valence-electron chi connectivity index (χ0n) is 9.23. The van der Waals surface area contributed by atoms with Crippen molar-refractivity contribution in [2.24, 2.45) is 5.92 Å². The minimum absolute atomic E-state index is 0.0482. The highest BCUT2D eigenvalue weighted by Gasteiger charge is 2.25. The highest BCUT2D eigenvalue weighted by molar-refractivity contribution is 5.48. The van der Waals surface area contributed by atoms with Crippen molar-refractivity contribution < 1.29 is 9.90 Å². The van der Waals surface area contributed by atoms with Gasteiger partial charge in [0.1, 0.15) is 5.75 Å². The smallest absolute Gasteiger partial charge is 0.207 e. The Morgan fingerprint density at radius 2 is 2.12 bits per heavy atom. The molecule has 0 heterocycles. The van der Waals surface area contributed by atoms with Crippen LogP contribution in [-0.2, 0) is 4.79 Å². The van der Waals surface area contributed by atoms with Crippen LogP contribution in [0.4, 0.5) is 0 Å². The van der Waals surface area contributed by atoms with Crippen LogP contribution >= 0.6 is 0 Å². The second-order valence-electron chi connectivity index (χ2n) is 4.40. The van der Waals surface area contributed by atoms with Gasteiger partial charge >= 0.3 is 0 Å². The maximum Gasteiger partial charge on any atom is 0.207 e. The molecule has 1 saturated carbocycles. The van der Waals surface area contributed by atoms with Crippen molar-refractivity contribution in [1.82, 2.24) is 5.32 Å². The van der Waals surface area contributed by atoms with E-state index >= 15 is 0 Å². The third kappa shape index (κ3) is 2.35. The maximum absolute atomic E-state index is 10.7. The topological polar surface area (TPSA) is 49.3 Å². The molecule has 2 rings (SSSR count). The van der Waals surface area contributed by atoms with Gasteiger partial charge in [-0.1, -0.05) is 25.0 Å². The first-order chi connectivity index (χ1) is 7.81. The van der Waals surface area contributed by atoms with Crippen molar-refractivity contribution >= 4 is 6.41 Å². The summed E-state index contributed by atoms with van der Waals surface area (Å²) < 4.78 is 0. The van der Waals surface area contributed by atoms with Crippen LogP contribution in [0.25, 0.3) is 0 Å². The van der Waals surface area contributed by atoms with Gasteiger partial charge in [-0.25, -0.2) is 0 Å². The highest BCUT2D eigenvalue weighted by atomic mass is 16.3. The van der Waals surface area contributed by atoms with Crippen LogP contribution in [0.1, 0.15) is 37.3 Å². The van der Waals surface area contributed by atoms with E-state index in [1.165, 1.54) is 12.8 Å². The summed E-state index contributed by atoms with van der Waals surface area (Å²) in [7, 11) is 0. The fraction of sp³-hybridized carbons (Fsp3) is 0.462. The number of aromatic hydroxyl groups is 1. The van der Waals surface area contributed by atoms with E-state index < -0.39 is 0 Å². The molecule has 1 aliphatic rings. The summed E-state index contributed by atoms with van der Waals surface area (Å²) >= 11 is 0. The first kappa shape index (κ1) is 11.0. The van der Waals surface area contributed by atoms with Gasteiger partial charge < -0.3 is 10.4 Å². The maximum atomic E-state index is 10.7. The molecule has 0 saturated heterocycles. The van der Waals surface area contributed by atoms with Gasteiger partial charge in [-0.05, 0) is 36.5 Å². The third-order valence-corrected chi connectivity index (χ3v) is 3.35. The summed E-state index contributed by atoms with van der Waals surface area (Å²) in [6.45, 7) is 0. The predicted octanol–water partition coefficient (Wildman–Crippen LogP) is 2.37. The van der Waals surface area contributed by atoms with E-state index in [1.54, 1.807) is 12.1 Å². The minimum Gasteiger partial charge on any atom is -0.508 e. The quantitative estimate of drug-likeness (QED) is 0.764. The van der Waals surface area contributed by atoms with Crippen molar-refractivity contribution in [3.8, 4) is 5.75 Å². The molecule has 3 nitrogen and oxygen atoms in total. The van der Waals surface area contributed by atoms with Crippen LogP contribution in [0, 0.1) is 5.92 Å². The summed E-state index contributed by atoms with van der Waals surface area (Å²) in [6, 6.07) is 7.21. The molecule has 1 aromatic carbocycles. The van der Waals surface area contributed by atoms with Gasteiger partial charge in [-0.2, -0.15) is 0 Å². The van der Waals surface area contributed by atoms with Crippen LogP contribution < -0.4 is 5.32 Å². The van der Waals surface area contributed by atoms with Crippen LogP contribution in [0.5, 0.6) is 5.75 Å². The third-order valence-electron chi connectivity index (χ3n) is 3.35. The summed E-state index contributed by atoms with van der Waals surface area (Å²) in [5, 5.41) is 12.3. The van der Waals surface area contributed by atoms with Gasteiger partial charge in [0.2, 0.25) is 6.41 Å². The number of carbonyl (C=O) groups excluding carboxylic acids is 1. The van der Waals surface area contributed by atoms with E-state index in [9.17, 15) is 9.90 Å². The van der Waals surface area contributed by atoms with E-state index in [4.69, 9.17) is 0 Å². The molecule has 2 N–H and O–H groups in total. The van der Waals surface area contributed by atoms with Gasteiger partial charge in [-0.15, -0.1) is 0 Å². The molecular formula is C13H17NO2. The van der Waals surface area contributed by atoms with Gasteiger partial charge in [0.25, 0.3) is 0 Å². The van der Waals surface area contributed by atoms with Crippen molar-refractivity contribution in [2.75, 3.05) is 0 Å². The Labute approximate surface area is 95.5 Å². The second kappa shape index (κ2) is 5.01. The van der Waals surface area contributed by atoms with Crippen LogP contribution in [-0.4, -0.2) is 11.5 Å². The molecule has 1 atom stereocenters. The summed E-state index contributed by atoms with van der Waals surface area (Å²) in [5.74, 6) is 0.764. The summed E-state index contributed by atoms with van der Waals surface area (Å²) in [6.07, 6.45) is 5.54. The molecule has 0 radical (unpaired) electrons. The highest BCUT2D eigenvalue weighted by Crippen LogP contribution is 2.36. The zero-order valence-corrected chi connectivity index (χ0v) is 9.23. The Morgan fingerprint density at radius 3 is 2.75 bits per heavy atom. The molecule has 3 heteroatoms. The van der Waals surface area contributed by atoms with E-state index in [-0.39, 0.29) is 11.8 Å². The van der Waals surface area contributed by atoms with Crippen LogP contribution in [0.2, 0.25) is 0 Å². The Hall–Kier alpha value is -1.51. The molecule has 16 heavy (non-hydrogen) atoms. The standard InChI is InChI=1S/C13H17NO2/c15-9-14-13(10-4-1-2-5-10)11-6-3-7-12(16)8-11/h3,6-10,13,16H,1-2,4-5H2,(H,14,15). The molecule has 1 unspecified atom stereocenters. The molecule has 1 fully saturated rings. The first-order valence-corrected chi connectivity index (χ1v) is 5.80. The van der Waals surface area contributed by atoms with Gasteiger partial charge in [0.15, 0.2) is 0 Å². The number of rotatable bonds is 4. The zero-order chi connectivity index (χ0) is 11.4. The normalized spacial score (nSPS) is 18.2. The SMILES string of the molecule is O=CNC(c1cccc(O)c1)C1CCCC1. The lowest BCUT2D eigenvalue weighted by Gasteiger charge is -2.23. The monoisotopic (exact) mass is 219 g/mol. The minimum atomic E-state index is 0.0482. The second-order valence-corrected chi connectivity index (χ2v) is 4.40. The van der Waals surface area contributed by atoms with Crippen molar-refractivity contribution in [3.63, 3.8) is 0 Å². The number of hydrogen-bond acceptors (Lipinski definition) is 2. The Morgan fingerprint density at radius 1 is 1.38 bits per heavy atom. The average molecular weight is 219 g/mol. The predicted molar refractivity (Wildman–Crippen MR) is 62.0 cm³/mol. The van der Waals surface area contributed by atoms with Crippen molar-refractivity contribution in [1.29, 1.82) is 0 Å². The number of amides is 1. The first-order valence-electron chi connectivity index (χ1n) is 5.80.